The largest absolute Gasteiger partial charge is 0.260 e. The van der Waals surface area contributed by atoms with Crippen molar-refractivity contribution < 1.29 is 0 Å². The minimum absolute atomic E-state index is 0.0472. The first kappa shape index (κ1) is 10.6. The van der Waals surface area contributed by atoms with E-state index in [0.29, 0.717) is 0 Å². The molecule has 0 aromatic heterocycles. The molecule has 3 heteroatoms. The van der Waals surface area contributed by atoms with Crippen LogP contribution in [0.4, 0.5) is 0 Å². The summed E-state index contributed by atoms with van der Waals surface area (Å²) >= 11 is 1.96. The van der Waals surface area contributed by atoms with Gasteiger partial charge in [0.25, 0.3) is 0 Å². The Morgan fingerprint density at radius 3 is 3.29 bits per heavy atom. The lowest BCUT2D eigenvalue weighted by molar-refractivity contribution is 0.580. The van der Waals surface area contributed by atoms with Crippen LogP contribution in [-0.2, 0) is 0 Å². The smallest absolute Gasteiger partial charge is 0.0914 e. The molecule has 3 aliphatic rings. The van der Waals surface area contributed by atoms with Crippen molar-refractivity contribution in [2.24, 2.45) is 10.4 Å². The maximum atomic E-state index is 8.79. The van der Waals surface area contributed by atoms with Crippen LogP contribution >= 0.6 is 11.8 Å². The summed E-state index contributed by atoms with van der Waals surface area (Å²) in [6.45, 7) is 0. The van der Waals surface area contributed by atoms with Crippen LogP contribution in [-0.4, -0.2) is 17.2 Å². The standard InChI is InChI=1S/C14H12N2S/c15-6-5-11-3-4-13-14(8-11)10-17-9-12(14)2-1-7-16-13/h1-5,7H,8-10H2/b11-5-. The third-order valence-electron chi connectivity index (χ3n) is 3.52. The summed E-state index contributed by atoms with van der Waals surface area (Å²) in [5.74, 6) is 2.16. The summed E-state index contributed by atoms with van der Waals surface area (Å²) in [6.07, 6.45) is 12.7. The number of nitrogens with zero attached hydrogens (tertiary/aromatic N) is 2. The Morgan fingerprint density at radius 2 is 2.41 bits per heavy atom. The molecule has 1 atom stereocenters. The zero-order valence-corrected chi connectivity index (χ0v) is 10.2. The molecule has 2 nitrogen and oxygen atoms in total. The molecule has 1 unspecified atom stereocenters. The molecule has 1 saturated heterocycles. The monoisotopic (exact) mass is 240 g/mol. The minimum atomic E-state index is 0.0472. The molecule has 0 amide bonds. The van der Waals surface area contributed by atoms with Crippen LogP contribution in [0.3, 0.4) is 0 Å². The van der Waals surface area contributed by atoms with Crippen LogP contribution in [0.25, 0.3) is 0 Å². The molecule has 3 rings (SSSR count). The Kier molecular flexibility index (Phi) is 2.53. The molecule has 1 aliphatic carbocycles. The van der Waals surface area contributed by atoms with E-state index >= 15 is 0 Å². The van der Waals surface area contributed by atoms with Crippen molar-refractivity contribution in [1.82, 2.24) is 0 Å². The van der Waals surface area contributed by atoms with Crippen molar-refractivity contribution in [2.75, 3.05) is 11.5 Å². The Balaban J connectivity index is 2.13. The summed E-state index contributed by atoms with van der Waals surface area (Å²) < 4.78 is 0. The van der Waals surface area contributed by atoms with Gasteiger partial charge in [0.2, 0.25) is 0 Å². The maximum Gasteiger partial charge on any atom is 0.0914 e. The summed E-state index contributed by atoms with van der Waals surface area (Å²) in [5, 5.41) is 8.79. The highest BCUT2D eigenvalue weighted by molar-refractivity contribution is 7.99. The van der Waals surface area contributed by atoms with Gasteiger partial charge < -0.3 is 0 Å². The minimum Gasteiger partial charge on any atom is -0.260 e. The summed E-state index contributed by atoms with van der Waals surface area (Å²) in [7, 11) is 0. The molecule has 0 radical (unpaired) electrons. The number of rotatable bonds is 0. The van der Waals surface area contributed by atoms with Crippen LogP contribution < -0.4 is 0 Å². The molecule has 0 aromatic rings. The Bertz CT molecular complexity index is 543. The second-order valence-corrected chi connectivity index (χ2v) is 5.47. The fourth-order valence-electron chi connectivity index (χ4n) is 2.65. The van der Waals surface area contributed by atoms with Crippen molar-refractivity contribution in [3.63, 3.8) is 0 Å². The normalized spacial score (nSPS) is 32.3. The molecular formula is C14H12N2S. The zero-order chi connectivity index (χ0) is 11.7. The number of allylic oxidation sites excluding steroid dienone is 6. The van der Waals surface area contributed by atoms with Crippen molar-refractivity contribution in [3.8, 4) is 6.07 Å². The van der Waals surface area contributed by atoms with Gasteiger partial charge in [0, 0.05) is 29.2 Å². The highest BCUT2D eigenvalue weighted by Gasteiger charge is 2.44. The molecule has 2 aliphatic heterocycles. The first-order valence-electron chi connectivity index (χ1n) is 5.64. The highest BCUT2D eigenvalue weighted by atomic mass is 32.2. The van der Waals surface area contributed by atoms with Crippen LogP contribution in [0.15, 0.2) is 52.7 Å². The van der Waals surface area contributed by atoms with Crippen LogP contribution in [0.5, 0.6) is 0 Å². The fourth-order valence-corrected chi connectivity index (χ4v) is 4.13. The molecular weight excluding hydrogens is 228 g/mol. The predicted octanol–water partition coefficient (Wildman–Crippen LogP) is 3.02. The molecule has 2 heterocycles. The third kappa shape index (κ3) is 1.60. The van der Waals surface area contributed by atoms with Crippen LogP contribution in [0.2, 0.25) is 0 Å². The van der Waals surface area contributed by atoms with E-state index in [-0.39, 0.29) is 5.41 Å². The van der Waals surface area contributed by atoms with Gasteiger partial charge in [0.15, 0.2) is 0 Å². The molecule has 1 fully saturated rings. The first-order chi connectivity index (χ1) is 8.35. The molecule has 0 N–H and O–H groups in total. The van der Waals surface area contributed by atoms with Gasteiger partial charge in [0.05, 0.1) is 11.8 Å². The quantitative estimate of drug-likeness (QED) is 0.610. The fraction of sp³-hybridized carbons (Fsp3) is 0.286. The summed E-state index contributed by atoms with van der Waals surface area (Å²) in [5.41, 5.74) is 3.76. The number of nitriles is 1. The van der Waals surface area contributed by atoms with Gasteiger partial charge in [-0.1, -0.05) is 12.2 Å². The number of thioether (sulfide) groups is 1. The van der Waals surface area contributed by atoms with Crippen molar-refractivity contribution >= 4 is 17.5 Å². The second-order valence-electron chi connectivity index (χ2n) is 4.48. The molecule has 84 valence electrons. The molecule has 17 heavy (non-hydrogen) atoms. The number of hydrogen-bond acceptors (Lipinski definition) is 3. The van der Waals surface area contributed by atoms with Gasteiger partial charge in [-0.25, -0.2) is 0 Å². The highest BCUT2D eigenvalue weighted by Crippen LogP contribution is 2.49. The lowest BCUT2D eigenvalue weighted by atomic mass is 9.70. The Hall–Kier alpha value is -1.53. The van der Waals surface area contributed by atoms with E-state index in [1.165, 1.54) is 5.57 Å². The zero-order valence-electron chi connectivity index (χ0n) is 9.39. The van der Waals surface area contributed by atoms with Crippen molar-refractivity contribution in [2.45, 2.75) is 6.42 Å². The molecule has 0 aromatic carbocycles. The Morgan fingerprint density at radius 1 is 1.47 bits per heavy atom. The number of aliphatic imine (C=N–C) groups is 1. The predicted molar refractivity (Wildman–Crippen MR) is 71.9 cm³/mol. The maximum absolute atomic E-state index is 8.79. The van der Waals surface area contributed by atoms with Crippen LogP contribution in [0, 0.1) is 16.7 Å². The lowest BCUT2D eigenvalue weighted by Gasteiger charge is -2.33. The average molecular weight is 240 g/mol. The van der Waals surface area contributed by atoms with E-state index in [1.54, 1.807) is 6.08 Å². The van der Waals surface area contributed by atoms with Crippen LogP contribution in [0.1, 0.15) is 6.42 Å². The molecule has 0 saturated carbocycles. The van der Waals surface area contributed by atoms with E-state index in [4.69, 9.17) is 5.26 Å². The van der Waals surface area contributed by atoms with Gasteiger partial charge in [-0.3, -0.25) is 4.99 Å². The summed E-state index contributed by atoms with van der Waals surface area (Å²) in [6, 6.07) is 2.13. The first-order valence-corrected chi connectivity index (χ1v) is 6.80. The topological polar surface area (TPSA) is 36.1 Å². The van der Waals surface area contributed by atoms with Gasteiger partial charge in [-0.05, 0) is 29.7 Å². The van der Waals surface area contributed by atoms with Crippen molar-refractivity contribution in [3.05, 3.63) is 47.7 Å². The van der Waals surface area contributed by atoms with E-state index in [2.05, 4.69) is 23.2 Å². The third-order valence-corrected chi connectivity index (χ3v) is 4.73. The van der Waals surface area contributed by atoms with Gasteiger partial charge in [-0.15, -0.1) is 0 Å². The van der Waals surface area contributed by atoms with Gasteiger partial charge in [-0.2, -0.15) is 17.0 Å². The Labute approximate surface area is 105 Å². The van der Waals surface area contributed by atoms with Gasteiger partial charge in [0.1, 0.15) is 0 Å². The number of hydrogen-bond donors (Lipinski definition) is 0. The second kappa shape index (κ2) is 4.05. The SMILES string of the molecule is N#C/C=C1/C=CC2=NC=CC=C3CSCC32C1. The van der Waals surface area contributed by atoms with E-state index < -0.39 is 0 Å². The van der Waals surface area contributed by atoms with E-state index in [0.717, 1.165) is 29.2 Å². The molecule has 1 spiro atoms. The summed E-state index contributed by atoms with van der Waals surface area (Å²) in [4.78, 5) is 4.55. The lowest BCUT2D eigenvalue weighted by Crippen LogP contribution is -2.34. The molecule has 0 bridgehead atoms. The van der Waals surface area contributed by atoms with Gasteiger partial charge >= 0.3 is 0 Å². The average Bonchev–Trinajstić information content (AvgIpc) is 2.63. The van der Waals surface area contributed by atoms with E-state index in [9.17, 15) is 0 Å². The van der Waals surface area contributed by atoms with E-state index in [1.807, 2.05) is 30.1 Å². The van der Waals surface area contributed by atoms with Crippen molar-refractivity contribution in [1.29, 1.82) is 5.26 Å².